The van der Waals surface area contributed by atoms with Crippen molar-refractivity contribution in [1.29, 1.82) is 0 Å². The zero-order valence-corrected chi connectivity index (χ0v) is 20.6. The molecule has 2 aromatic heterocycles. The first-order chi connectivity index (χ1) is 18.2. The number of aryl methyl sites for hydroxylation is 2. The van der Waals surface area contributed by atoms with Crippen molar-refractivity contribution in [3.05, 3.63) is 82.6 Å². The minimum Gasteiger partial charge on any atom is -0.383 e. The van der Waals surface area contributed by atoms with E-state index in [0.717, 1.165) is 23.3 Å². The number of carbonyl (C=O) groups excluding carboxylic acids is 1. The second kappa shape index (κ2) is 10.1. The molecule has 0 aliphatic carbocycles. The van der Waals surface area contributed by atoms with Gasteiger partial charge in [0.1, 0.15) is 35.2 Å². The van der Waals surface area contributed by atoms with E-state index in [-0.39, 0.29) is 17.9 Å². The van der Waals surface area contributed by atoms with Crippen molar-refractivity contribution in [2.24, 2.45) is 0 Å². The third kappa shape index (κ3) is 4.73. The van der Waals surface area contributed by atoms with Crippen molar-refractivity contribution in [2.45, 2.75) is 32.9 Å². The van der Waals surface area contributed by atoms with Crippen molar-refractivity contribution in [3.8, 4) is 11.8 Å². The Balaban J connectivity index is 1.43. The van der Waals surface area contributed by atoms with Gasteiger partial charge in [0.05, 0.1) is 29.3 Å². The summed E-state index contributed by atoms with van der Waals surface area (Å²) in [6.45, 7) is 4.47. The predicted molar refractivity (Wildman–Crippen MR) is 135 cm³/mol. The maximum absolute atomic E-state index is 14.8. The summed E-state index contributed by atoms with van der Waals surface area (Å²) in [5.74, 6) is 4.18. The summed E-state index contributed by atoms with van der Waals surface area (Å²) in [4.78, 5) is 26.7. The van der Waals surface area contributed by atoms with Crippen molar-refractivity contribution in [2.75, 3.05) is 17.7 Å². The molecule has 1 aliphatic heterocycles. The minimum atomic E-state index is -0.783. The lowest BCUT2D eigenvalue weighted by Crippen LogP contribution is -2.34. The second-order valence-electron chi connectivity index (χ2n) is 8.78. The molecule has 1 saturated heterocycles. The molecule has 3 N–H and O–H groups in total. The van der Waals surface area contributed by atoms with E-state index in [1.807, 2.05) is 17.7 Å². The number of benzene rings is 2. The van der Waals surface area contributed by atoms with E-state index in [1.54, 1.807) is 6.92 Å². The number of urea groups is 1. The quantitative estimate of drug-likeness (QED) is 0.368. The Bertz CT molecular complexity index is 1600. The largest absolute Gasteiger partial charge is 0.383 e. The van der Waals surface area contributed by atoms with E-state index >= 15 is 0 Å². The van der Waals surface area contributed by atoms with Gasteiger partial charge in [0.15, 0.2) is 0 Å². The maximum atomic E-state index is 14.8. The van der Waals surface area contributed by atoms with Crippen molar-refractivity contribution < 1.29 is 22.8 Å². The standard InChI is InChI=1S/C27H23F3N6O2/c1-3-35-13-17(24-25(31)32-14-33-26(24)35)5-4-16-11-22(21(30)8-15(16)2)34-27(37)36-23(6-7-38-36)18-9-19(28)12-20(29)10-18/h8-14,23H,3,6-7H2,1-2H3,(H,34,37)(H2,31,32,33)/t23-/m1/s1. The molecular formula is C27H23F3N6O2. The number of halogens is 3. The topological polar surface area (TPSA) is 98.3 Å². The zero-order valence-electron chi connectivity index (χ0n) is 20.6. The fourth-order valence-electron chi connectivity index (χ4n) is 4.43. The number of carbonyl (C=O) groups is 1. The van der Waals surface area contributed by atoms with Gasteiger partial charge in [-0.3, -0.25) is 4.84 Å². The van der Waals surface area contributed by atoms with Gasteiger partial charge in [0.2, 0.25) is 0 Å². The molecule has 0 saturated carbocycles. The monoisotopic (exact) mass is 520 g/mol. The number of hydrogen-bond donors (Lipinski definition) is 2. The highest BCUT2D eigenvalue weighted by atomic mass is 19.1. The number of hydrogen-bond acceptors (Lipinski definition) is 5. The molecular weight excluding hydrogens is 497 g/mol. The molecule has 4 aromatic rings. The van der Waals surface area contributed by atoms with Crippen LogP contribution < -0.4 is 11.1 Å². The number of hydroxylamine groups is 2. The molecule has 5 rings (SSSR count). The van der Waals surface area contributed by atoms with Crippen LogP contribution in [0.25, 0.3) is 11.0 Å². The Labute approximate surface area is 216 Å². The molecule has 3 heterocycles. The Morgan fingerprint density at radius 3 is 2.61 bits per heavy atom. The van der Waals surface area contributed by atoms with E-state index < -0.39 is 29.5 Å². The first-order valence-electron chi connectivity index (χ1n) is 11.9. The molecule has 2 aromatic carbocycles. The van der Waals surface area contributed by atoms with Crippen LogP contribution >= 0.6 is 0 Å². The Morgan fingerprint density at radius 2 is 1.87 bits per heavy atom. The summed E-state index contributed by atoms with van der Waals surface area (Å²) in [5, 5.41) is 4.07. The molecule has 1 atom stereocenters. The lowest BCUT2D eigenvalue weighted by molar-refractivity contribution is -0.0830. The molecule has 0 unspecified atom stereocenters. The first-order valence-corrected chi connectivity index (χ1v) is 11.9. The van der Waals surface area contributed by atoms with Gasteiger partial charge in [-0.1, -0.05) is 11.8 Å². The summed E-state index contributed by atoms with van der Waals surface area (Å²) in [5.41, 5.74) is 8.48. The molecule has 0 radical (unpaired) electrons. The van der Waals surface area contributed by atoms with Crippen LogP contribution in [0.1, 0.15) is 41.6 Å². The van der Waals surface area contributed by atoms with E-state index in [9.17, 15) is 18.0 Å². The molecule has 194 valence electrons. The van der Waals surface area contributed by atoms with Gasteiger partial charge in [-0.15, -0.1) is 0 Å². The number of amides is 2. The smallest absolute Gasteiger partial charge is 0.346 e. The number of rotatable bonds is 3. The molecule has 2 amide bonds. The summed E-state index contributed by atoms with van der Waals surface area (Å²) < 4.78 is 44.2. The number of anilines is 2. The van der Waals surface area contributed by atoms with E-state index in [2.05, 4.69) is 27.1 Å². The van der Waals surface area contributed by atoms with Crippen LogP contribution in [-0.4, -0.2) is 32.2 Å². The summed E-state index contributed by atoms with van der Waals surface area (Å²) in [6.07, 6.45) is 3.53. The number of nitrogens with zero attached hydrogens (tertiary/aromatic N) is 4. The van der Waals surface area contributed by atoms with Crippen molar-refractivity contribution >= 4 is 28.6 Å². The van der Waals surface area contributed by atoms with Crippen LogP contribution in [-0.2, 0) is 11.4 Å². The normalized spacial score (nSPS) is 15.0. The van der Waals surface area contributed by atoms with E-state index in [1.165, 1.54) is 18.5 Å². The van der Waals surface area contributed by atoms with E-state index in [4.69, 9.17) is 10.6 Å². The SMILES string of the molecule is CCn1cc(C#Cc2cc(NC(=O)N3OCC[C@@H]3c3cc(F)cc(F)c3)c(F)cc2C)c2c(N)ncnc21. The van der Waals surface area contributed by atoms with Crippen LogP contribution in [0.5, 0.6) is 0 Å². The average molecular weight is 521 g/mol. The molecule has 1 fully saturated rings. The Hall–Kier alpha value is -4.56. The van der Waals surface area contributed by atoms with Gasteiger partial charge in [0.25, 0.3) is 0 Å². The van der Waals surface area contributed by atoms with Gasteiger partial charge in [-0.25, -0.2) is 27.9 Å². The van der Waals surface area contributed by atoms with Crippen LogP contribution in [0, 0.1) is 36.2 Å². The third-order valence-electron chi connectivity index (χ3n) is 6.29. The van der Waals surface area contributed by atoms with Gasteiger partial charge < -0.3 is 15.6 Å². The molecule has 8 nitrogen and oxygen atoms in total. The van der Waals surface area contributed by atoms with Gasteiger partial charge in [0, 0.05) is 30.8 Å². The second-order valence-corrected chi connectivity index (χ2v) is 8.78. The lowest BCUT2D eigenvalue weighted by atomic mass is 10.0. The van der Waals surface area contributed by atoms with Crippen LogP contribution in [0.3, 0.4) is 0 Å². The van der Waals surface area contributed by atoms with E-state index in [0.29, 0.717) is 46.5 Å². The Kier molecular flexibility index (Phi) is 6.65. The average Bonchev–Trinajstić information content (AvgIpc) is 3.50. The van der Waals surface area contributed by atoms with Crippen molar-refractivity contribution in [1.82, 2.24) is 19.6 Å². The fraction of sp³-hybridized carbons (Fsp3) is 0.222. The zero-order chi connectivity index (χ0) is 27.0. The Morgan fingerprint density at radius 1 is 1.13 bits per heavy atom. The number of nitrogen functional groups attached to an aromatic ring is 1. The van der Waals surface area contributed by atoms with Gasteiger partial charge in [-0.05, 0) is 49.2 Å². The lowest BCUT2D eigenvalue weighted by Gasteiger charge is -2.23. The first kappa shape index (κ1) is 25.1. The van der Waals surface area contributed by atoms with Crippen LogP contribution in [0.4, 0.5) is 29.5 Å². The maximum Gasteiger partial charge on any atom is 0.346 e. The highest BCUT2D eigenvalue weighted by molar-refractivity contribution is 5.92. The summed E-state index contributed by atoms with van der Waals surface area (Å²) in [6, 6.07) is 4.17. The molecule has 1 aliphatic rings. The van der Waals surface area contributed by atoms with Gasteiger partial charge >= 0.3 is 6.03 Å². The van der Waals surface area contributed by atoms with Gasteiger partial charge in [-0.2, -0.15) is 5.06 Å². The minimum absolute atomic E-state index is 0.122. The van der Waals surface area contributed by atoms with Crippen LogP contribution in [0.2, 0.25) is 0 Å². The van der Waals surface area contributed by atoms with Crippen LogP contribution in [0.15, 0.2) is 42.9 Å². The molecule has 38 heavy (non-hydrogen) atoms. The highest BCUT2D eigenvalue weighted by Gasteiger charge is 2.33. The number of nitrogens with one attached hydrogen (secondary N) is 1. The molecule has 0 bridgehead atoms. The number of nitrogens with two attached hydrogens (primary N) is 1. The fourth-order valence-corrected chi connectivity index (χ4v) is 4.43. The molecule has 0 spiro atoms. The number of aromatic nitrogens is 3. The third-order valence-corrected chi connectivity index (χ3v) is 6.29. The summed E-state index contributed by atoms with van der Waals surface area (Å²) >= 11 is 0. The summed E-state index contributed by atoms with van der Waals surface area (Å²) in [7, 11) is 0. The number of fused-ring (bicyclic) bond motifs is 1. The predicted octanol–water partition coefficient (Wildman–Crippen LogP) is 5.07. The highest BCUT2D eigenvalue weighted by Crippen LogP contribution is 2.32. The molecule has 11 heteroatoms. The van der Waals surface area contributed by atoms with Crippen molar-refractivity contribution in [3.63, 3.8) is 0 Å².